The van der Waals surface area contributed by atoms with E-state index in [1.165, 1.54) is 19.3 Å². The predicted octanol–water partition coefficient (Wildman–Crippen LogP) is 2.10. The second-order valence-corrected chi connectivity index (χ2v) is 7.63. The standard InChI is InChI=1S/C16H30N2O2.ClH/c1-12(19)8-15(2,3)10-18-14(20)16-7-5-4-6-13(16)9-17-11-16;/h12-13,17,19H,4-11H2,1-3H3,(H,18,20);1H/t12?,13-,16+;/m0./s1. The van der Waals surface area contributed by atoms with E-state index in [-0.39, 0.29) is 35.2 Å². The fourth-order valence-electron chi connectivity index (χ4n) is 4.06. The van der Waals surface area contributed by atoms with Crippen LogP contribution in [0.15, 0.2) is 0 Å². The van der Waals surface area contributed by atoms with Crippen LogP contribution in [0.2, 0.25) is 0 Å². The number of aliphatic hydroxyl groups excluding tert-OH is 1. The molecule has 3 atom stereocenters. The summed E-state index contributed by atoms with van der Waals surface area (Å²) in [7, 11) is 0. The molecule has 4 nitrogen and oxygen atoms in total. The molecule has 5 heteroatoms. The molecule has 1 amide bonds. The predicted molar refractivity (Wildman–Crippen MR) is 87.6 cm³/mol. The molecule has 1 saturated carbocycles. The average molecular weight is 319 g/mol. The molecule has 0 aromatic carbocycles. The van der Waals surface area contributed by atoms with Gasteiger partial charge in [0.2, 0.25) is 5.91 Å². The van der Waals surface area contributed by atoms with Crippen molar-refractivity contribution in [3.8, 4) is 0 Å². The van der Waals surface area contributed by atoms with Crippen molar-refractivity contribution >= 4 is 18.3 Å². The molecule has 2 aliphatic rings. The number of carbonyl (C=O) groups is 1. The van der Waals surface area contributed by atoms with E-state index < -0.39 is 0 Å². The molecule has 2 rings (SSSR count). The molecular weight excluding hydrogens is 288 g/mol. The summed E-state index contributed by atoms with van der Waals surface area (Å²) in [5, 5.41) is 16.1. The Labute approximate surface area is 134 Å². The van der Waals surface area contributed by atoms with Crippen LogP contribution in [0.4, 0.5) is 0 Å². The number of aliphatic hydroxyl groups is 1. The zero-order valence-electron chi connectivity index (χ0n) is 13.6. The second kappa shape index (κ2) is 7.30. The molecule has 0 bridgehead atoms. The van der Waals surface area contributed by atoms with E-state index in [0.29, 0.717) is 18.9 Å². The van der Waals surface area contributed by atoms with Gasteiger partial charge in [0.15, 0.2) is 0 Å². The van der Waals surface area contributed by atoms with Crippen LogP contribution in [0, 0.1) is 16.7 Å². The van der Waals surface area contributed by atoms with E-state index in [0.717, 1.165) is 19.5 Å². The molecule has 1 unspecified atom stereocenters. The normalized spacial score (nSPS) is 30.2. The van der Waals surface area contributed by atoms with Gasteiger partial charge in [-0.05, 0) is 44.1 Å². The molecule has 1 aliphatic heterocycles. The van der Waals surface area contributed by atoms with Crippen molar-refractivity contribution < 1.29 is 9.90 Å². The minimum Gasteiger partial charge on any atom is -0.393 e. The molecule has 0 spiro atoms. The molecule has 1 heterocycles. The highest BCUT2D eigenvalue weighted by molar-refractivity contribution is 5.85. The number of rotatable bonds is 5. The van der Waals surface area contributed by atoms with Gasteiger partial charge in [-0.2, -0.15) is 0 Å². The first kappa shape index (κ1) is 18.7. The Morgan fingerprint density at radius 3 is 2.86 bits per heavy atom. The highest BCUT2D eigenvalue weighted by atomic mass is 35.5. The van der Waals surface area contributed by atoms with E-state index in [4.69, 9.17) is 0 Å². The fraction of sp³-hybridized carbons (Fsp3) is 0.938. The lowest BCUT2D eigenvalue weighted by Crippen LogP contribution is -2.50. The quantitative estimate of drug-likeness (QED) is 0.727. The molecule has 2 fully saturated rings. The maximum Gasteiger partial charge on any atom is 0.227 e. The van der Waals surface area contributed by atoms with E-state index in [1.807, 2.05) is 0 Å². The Balaban J connectivity index is 0.00000220. The fourth-order valence-corrected chi connectivity index (χ4v) is 4.06. The Hall–Kier alpha value is -0.320. The first-order valence-electron chi connectivity index (χ1n) is 8.03. The van der Waals surface area contributed by atoms with Crippen LogP contribution in [0.1, 0.15) is 52.9 Å². The molecule has 124 valence electrons. The molecule has 1 aliphatic carbocycles. The Morgan fingerprint density at radius 2 is 2.19 bits per heavy atom. The van der Waals surface area contributed by atoms with E-state index in [9.17, 15) is 9.90 Å². The highest BCUT2D eigenvalue weighted by Gasteiger charge is 2.49. The number of amides is 1. The Kier molecular flexibility index (Phi) is 6.51. The van der Waals surface area contributed by atoms with Crippen molar-refractivity contribution in [2.24, 2.45) is 16.7 Å². The van der Waals surface area contributed by atoms with Crippen molar-refractivity contribution in [3.05, 3.63) is 0 Å². The summed E-state index contributed by atoms with van der Waals surface area (Å²) in [6.45, 7) is 8.47. The van der Waals surface area contributed by atoms with Crippen molar-refractivity contribution in [2.75, 3.05) is 19.6 Å². The maximum atomic E-state index is 12.7. The summed E-state index contributed by atoms with van der Waals surface area (Å²) in [5.74, 6) is 0.738. The third-order valence-corrected chi connectivity index (χ3v) is 5.07. The van der Waals surface area contributed by atoms with Crippen LogP contribution >= 0.6 is 12.4 Å². The molecule has 1 saturated heterocycles. The van der Waals surface area contributed by atoms with Crippen LogP contribution in [0.5, 0.6) is 0 Å². The molecule has 21 heavy (non-hydrogen) atoms. The second-order valence-electron chi connectivity index (χ2n) is 7.63. The van der Waals surface area contributed by atoms with Gasteiger partial charge < -0.3 is 15.7 Å². The number of carbonyl (C=O) groups excluding carboxylic acids is 1. The van der Waals surface area contributed by atoms with Gasteiger partial charge in [-0.25, -0.2) is 0 Å². The number of nitrogens with one attached hydrogen (secondary N) is 2. The minimum atomic E-state index is -0.323. The summed E-state index contributed by atoms with van der Waals surface area (Å²) < 4.78 is 0. The van der Waals surface area contributed by atoms with Gasteiger partial charge in [0.05, 0.1) is 11.5 Å². The van der Waals surface area contributed by atoms with Crippen LogP contribution in [0.25, 0.3) is 0 Å². The maximum absolute atomic E-state index is 12.7. The molecule has 0 aromatic rings. The van der Waals surface area contributed by atoms with Crippen molar-refractivity contribution in [2.45, 2.75) is 59.0 Å². The highest BCUT2D eigenvalue weighted by Crippen LogP contribution is 2.44. The van der Waals surface area contributed by atoms with Crippen LogP contribution in [-0.2, 0) is 4.79 Å². The van der Waals surface area contributed by atoms with Crippen molar-refractivity contribution in [1.29, 1.82) is 0 Å². The lowest BCUT2D eigenvalue weighted by molar-refractivity contribution is -0.134. The smallest absolute Gasteiger partial charge is 0.227 e. The third kappa shape index (κ3) is 4.33. The number of hydrogen-bond acceptors (Lipinski definition) is 3. The molecule has 0 radical (unpaired) electrons. The summed E-state index contributed by atoms with van der Waals surface area (Å²) >= 11 is 0. The minimum absolute atomic E-state index is 0. The molecule has 3 N–H and O–H groups in total. The summed E-state index contributed by atoms with van der Waals surface area (Å²) in [5.41, 5.74) is -0.226. The summed E-state index contributed by atoms with van der Waals surface area (Å²) in [6, 6.07) is 0. The lowest BCUT2D eigenvalue weighted by Gasteiger charge is -2.38. The topological polar surface area (TPSA) is 61.4 Å². The van der Waals surface area contributed by atoms with Gasteiger partial charge in [0.1, 0.15) is 0 Å². The lowest BCUT2D eigenvalue weighted by atomic mass is 9.67. The summed E-state index contributed by atoms with van der Waals surface area (Å²) in [6.07, 6.45) is 5.01. The van der Waals surface area contributed by atoms with Crippen LogP contribution in [-0.4, -0.2) is 36.8 Å². The zero-order chi connectivity index (χ0) is 14.8. The molecular formula is C16H31ClN2O2. The first-order chi connectivity index (χ1) is 9.36. The van der Waals surface area contributed by atoms with Gasteiger partial charge in [-0.1, -0.05) is 26.7 Å². The van der Waals surface area contributed by atoms with E-state index in [2.05, 4.69) is 24.5 Å². The van der Waals surface area contributed by atoms with E-state index >= 15 is 0 Å². The SMILES string of the molecule is CC(O)CC(C)(C)CNC(=O)[C@@]12CCCC[C@H]1CNC2.Cl. The van der Waals surface area contributed by atoms with Crippen LogP contribution < -0.4 is 10.6 Å². The van der Waals surface area contributed by atoms with Gasteiger partial charge in [0.25, 0.3) is 0 Å². The first-order valence-corrected chi connectivity index (χ1v) is 8.03. The largest absolute Gasteiger partial charge is 0.393 e. The Bertz CT molecular complexity index is 360. The van der Waals surface area contributed by atoms with Crippen LogP contribution in [0.3, 0.4) is 0 Å². The van der Waals surface area contributed by atoms with Gasteiger partial charge in [-0.15, -0.1) is 12.4 Å². The number of fused-ring (bicyclic) bond motifs is 1. The van der Waals surface area contributed by atoms with Gasteiger partial charge in [-0.3, -0.25) is 4.79 Å². The number of hydrogen-bond donors (Lipinski definition) is 3. The Morgan fingerprint density at radius 1 is 1.48 bits per heavy atom. The van der Waals surface area contributed by atoms with E-state index in [1.54, 1.807) is 6.92 Å². The van der Waals surface area contributed by atoms with Crippen molar-refractivity contribution in [1.82, 2.24) is 10.6 Å². The number of halogens is 1. The van der Waals surface area contributed by atoms with Gasteiger partial charge in [0, 0.05) is 13.1 Å². The summed E-state index contributed by atoms with van der Waals surface area (Å²) in [4.78, 5) is 12.7. The van der Waals surface area contributed by atoms with Crippen molar-refractivity contribution in [3.63, 3.8) is 0 Å². The monoisotopic (exact) mass is 318 g/mol. The average Bonchev–Trinajstić information content (AvgIpc) is 2.79. The third-order valence-electron chi connectivity index (χ3n) is 5.07. The van der Waals surface area contributed by atoms with Gasteiger partial charge >= 0.3 is 0 Å². The molecule has 0 aromatic heterocycles. The zero-order valence-corrected chi connectivity index (χ0v) is 14.4.